The number of benzene rings is 5. The Balaban J connectivity index is 1.32. The van der Waals surface area contributed by atoms with Crippen LogP contribution >= 0.6 is 7.82 Å². The Hall–Kier alpha value is -6.50. The molecule has 4 aliphatic heterocycles. The number of terminal acetylenes is 1. The number of hydrogen-bond acceptors (Lipinski definition) is 10. The zero-order chi connectivity index (χ0) is 39.0. The summed E-state index contributed by atoms with van der Waals surface area (Å²) >= 11 is -3.64. The van der Waals surface area contributed by atoms with E-state index in [1.54, 1.807) is 24.3 Å². The van der Waals surface area contributed by atoms with E-state index < -0.39 is 28.9 Å². The highest BCUT2D eigenvalue weighted by atomic mass is 31.2. The van der Waals surface area contributed by atoms with Crippen LogP contribution in [0.15, 0.2) is 157 Å². The number of fused-ring (bicyclic) bond motifs is 14. The van der Waals surface area contributed by atoms with Crippen molar-refractivity contribution in [2.75, 3.05) is 0 Å². The second-order valence-electron chi connectivity index (χ2n) is 14.0. The van der Waals surface area contributed by atoms with Gasteiger partial charge in [-0.3, -0.25) is 4.52 Å². The van der Waals surface area contributed by atoms with Crippen molar-refractivity contribution >= 4 is 79.3 Å². The summed E-state index contributed by atoms with van der Waals surface area (Å²) < 4.78 is 39.6. The molecule has 7 aromatic rings. The number of nitrogens with zero attached hydrogens (tertiary/aromatic N) is 8. The van der Waals surface area contributed by atoms with Crippen LogP contribution in [-0.4, -0.2) is 51.5 Å². The quantitative estimate of drug-likeness (QED) is 0.0879. The summed E-state index contributed by atoms with van der Waals surface area (Å²) in [6.07, 6.45) is 5.79. The van der Waals surface area contributed by atoms with Crippen molar-refractivity contribution < 1.29 is 17.2 Å². The van der Waals surface area contributed by atoms with Crippen LogP contribution in [-0.2, 0) is 12.7 Å². The molecule has 0 radical (unpaired) electrons. The van der Waals surface area contributed by atoms with Gasteiger partial charge >= 0.3 is 22.7 Å². The fraction of sp³-hybridized carbons (Fsp3) is 0.0909. The van der Waals surface area contributed by atoms with Crippen molar-refractivity contribution in [3.05, 3.63) is 161 Å². The third-order valence-electron chi connectivity index (χ3n) is 10.5. The number of phosphoric acid groups is 1. The molecular weight excluding hydrogens is 762 g/mol. The van der Waals surface area contributed by atoms with Crippen LogP contribution in [0.3, 0.4) is 0 Å². The number of phosphoric ester groups is 1. The summed E-state index contributed by atoms with van der Waals surface area (Å²) in [6, 6.07) is 40.4. The van der Waals surface area contributed by atoms with Gasteiger partial charge in [0, 0.05) is 50.2 Å². The third kappa shape index (κ3) is 5.50. The number of aromatic nitrogens is 2. The number of amidine groups is 4. The van der Waals surface area contributed by atoms with E-state index >= 15 is 4.57 Å². The van der Waals surface area contributed by atoms with Crippen molar-refractivity contribution in [3.8, 4) is 18.1 Å². The normalized spacial score (nSPS) is 16.0. The minimum absolute atomic E-state index is 0.185. The second kappa shape index (κ2) is 13.6. The Labute approximate surface area is 336 Å². The molecule has 2 aromatic heterocycles. The van der Waals surface area contributed by atoms with Gasteiger partial charge in [0.2, 0.25) is 0 Å². The molecule has 6 heterocycles. The van der Waals surface area contributed by atoms with Gasteiger partial charge in [-0.2, -0.15) is 0 Å². The molecule has 4 aliphatic rings. The smallest absolute Gasteiger partial charge is 0.406 e. The standard InChI is InChI=1S/C32H16N8.C12H15O4P.Al/c1-2-10-18-17(9-1)25-33-26(18)38-28-21-13-5-6-14-22(21)30(35-28)40-32-24-16-8-7-15-23(24)31(36-32)39-29-20-12-4-3-11-19(20)27(34-29)37-25;1-3-8-11(4-2)15-17(13,14)16-12-9-6-5-7-10-12;/h1-16H;1,5-7,9-11H,4,8H2,2H3,(H,13,14);/q-2;;+3/p-1. The summed E-state index contributed by atoms with van der Waals surface area (Å²) in [5, 5.41) is 3.11. The van der Waals surface area contributed by atoms with Crippen LogP contribution in [0, 0.1) is 12.3 Å². The zero-order valence-electron chi connectivity index (χ0n) is 30.9. The average Bonchev–Trinajstić information content (AvgIpc) is 3.96. The van der Waals surface area contributed by atoms with Gasteiger partial charge in [0.1, 0.15) is 28.4 Å². The van der Waals surface area contributed by atoms with Gasteiger partial charge in [-0.15, -0.1) is 12.3 Å². The van der Waals surface area contributed by atoms with E-state index in [1.807, 2.05) is 117 Å². The maximum atomic E-state index is 15.7. The predicted octanol–water partition coefficient (Wildman–Crippen LogP) is 7.94. The van der Waals surface area contributed by atoms with Gasteiger partial charge in [-0.1, -0.05) is 122 Å². The number of hydrogen-bond donors (Lipinski definition) is 0. The fourth-order valence-electron chi connectivity index (χ4n) is 7.84. The molecule has 2 unspecified atom stereocenters. The van der Waals surface area contributed by atoms with Gasteiger partial charge in [0.15, 0.2) is 23.3 Å². The Bertz CT molecular complexity index is 3090. The largest absolute Gasteiger partial charge is 0.819 e. The highest BCUT2D eigenvalue weighted by Crippen LogP contribution is 2.53. The topological polar surface area (TPSA) is 129 Å². The van der Waals surface area contributed by atoms with Crippen molar-refractivity contribution in [1.29, 1.82) is 0 Å². The summed E-state index contributed by atoms with van der Waals surface area (Å²) in [6.45, 7) is 1.91. The molecule has 0 N–H and O–H groups in total. The molecule has 0 saturated heterocycles. The van der Waals surface area contributed by atoms with E-state index in [2.05, 4.69) is 5.92 Å². The lowest BCUT2D eigenvalue weighted by Gasteiger charge is -2.27. The van der Waals surface area contributed by atoms with Gasteiger partial charge < -0.3 is 15.2 Å². The molecule has 0 amide bonds. The van der Waals surface area contributed by atoms with E-state index in [1.165, 1.54) is 0 Å². The molecule has 0 saturated carbocycles. The van der Waals surface area contributed by atoms with Crippen molar-refractivity contribution in [2.24, 2.45) is 30.0 Å². The molecule has 0 fully saturated rings. The second-order valence-corrected chi connectivity index (χ2v) is 17.8. The minimum atomic E-state index is -4.58. The number of aliphatic imine (C=N–C) groups is 4. The first kappa shape index (κ1) is 34.7. The fourth-order valence-corrected chi connectivity index (χ4v) is 12.8. The first-order valence-electron chi connectivity index (χ1n) is 18.9. The molecule has 5 aromatic carbocycles. The van der Waals surface area contributed by atoms with Crippen LogP contribution in [0.2, 0.25) is 0 Å². The minimum Gasteiger partial charge on any atom is -0.406 e. The van der Waals surface area contributed by atoms with Crippen LogP contribution in [0.25, 0.3) is 21.5 Å². The summed E-state index contributed by atoms with van der Waals surface area (Å²) in [4.78, 5) is 31.5. The van der Waals surface area contributed by atoms with Crippen LogP contribution in [0.5, 0.6) is 5.75 Å². The van der Waals surface area contributed by atoms with E-state index in [0.29, 0.717) is 58.1 Å². The van der Waals surface area contributed by atoms with Gasteiger partial charge in [-0.05, 0) is 18.6 Å². The lowest BCUT2D eigenvalue weighted by atomic mass is 10.1. The molecule has 0 aliphatic carbocycles. The molecule has 2 atom stereocenters. The number of para-hydroxylation sites is 1. The summed E-state index contributed by atoms with van der Waals surface area (Å²) in [7, 11) is -4.58. The SMILES string of the molecule is C#CCC(CC)OP(=O)(Oc1ccccc1)[O][Al]1[n]2c3c4ccccc4c2N=C2N=C(N=c4c5ccccc5c([n]41)=NC1=NC(=N3)c3ccccc31)c1ccccc12. The van der Waals surface area contributed by atoms with Crippen molar-refractivity contribution in [1.82, 2.24) is 7.10 Å². The molecule has 278 valence electrons. The lowest BCUT2D eigenvalue weighted by molar-refractivity contribution is 0.141. The average molecular weight is 793 g/mol. The van der Waals surface area contributed by atoms with Crippen LogP contribution < -0.4 is 15.5 Å². The molecule has 6 bridgehead atoms. The summed E-state index contributed by atoms with van der Waals surface area (Å²) in [5.41, 5.74) is 4.28. The first-order valence-corrected chi connectivity index (χ1v) is 21.9. The first-order chi connectivity index (χ1) is 28.5. The number of rotatable bonds is 8. The van der Waals surface area contributed by atoms with E-state index in [-0.39, 0.29) is 6.42 Å². The summed E-state index contributed by atoms with van der Waals surface area (Å²) in [5.74, 6) is 5.84. The highest BCUT2D eigenvalue weighted by molar-refractivity contribution is 7.50. The molecule has 14 heteroatoms. The van der Waals surface area contributed by atoms with Crippen molar-refractivity contribution in [2.45, 2.75) is 25.9 Å². The lowest BCUT2D eigenvalue weighted by Crippen LogP contribution is -2.48. The zero-order valence-corrected chi connectivity index (χ0v) is 33.0. The Morgan fingerprint density at radius 2 is 1.05 bits per heavy atom. The molecular formula is C44H30AlN8O4P. The monoisotopic (exact) mass is 792 g/mol. The molecule has 11 rings (SSSR count). The third-order valence-corrected chi connectivity index (χ3v) is 15.2. The van der Waals surface area contributed by atoms with Crippen LogP contribution in [0.4, 0.5) is 11.6 Å². The van der Waals surface area contributed by atoms with Gasteiger partial charge in [0.25, 0.3) is 0 Å². The molecule has 0 spiro atoms. The maximum absolute atomic E-state index is 15.7. The van der Waals surface area contributed by atoms with Crippen molar-refractivity contribution in [3.63, 3.8) is 0 Å². The molecule has 12 nitrogen and oxygen atoms in total. The highest BCUT2D eigenvalue weighted by Gasteiger charge is 2.49. The molecule has 58 heavy (non-hydrogen) atoms. The predicted molar refractivity (Wildman–Crippen MR) is 225 cm³/mol. The van der Waals surface area contributed by atoms with Crippen LogP contribution in [0.1, 0.15) is 42.0 Å². The maximum Gasteiger partial charge on any atom is 0.819 e. The Morgan fingerprint density at radius 1 is 0.603 bits per heavy atom. The Morgan fingerprint density at radius 3 is 1.53 bits per heavy atom. The van der Waals surface area contributed by atoms with Gasteiger partial charge in [-0.25, -0.2) is 34.5 Å². The van der Waals surface area contributed by atoms with E-state index in [0.717, 1.165) is 43.8 Å². The van der Waals surface area contributed by atoms with Gasteiger partial charge in [0.05, 0.1) is 6.10 Å². The Kier molecular flexibility index (Phi) is 8.12. The van der Waals surface area contributed by atoms with E-state index in [4.69, 9.17) is 49.0 Å². The van der Waals surface area contributed by atoms with E-state index in [9.17, 15) is 0 Å².